The predicted molar refractivity (Wildman–Crippen MR) is 359 cm³/mol. The van der Waals surface area contributed by atoms with Gasteiger partial charge in [-0.15, -0.1) is 101 Å². The minimum absolute atomic E-state index is 0. The average Bonchev–Trinajstić information content (AvgIpc) is 1.66. The van der Waals surface area contributed by atoms with Crippen molar-refractivity contribution < 1.29 is 102 Å². The third-order valence-electron chi connectivity index (χ3n) is 10.4. The molecule has 0 spiro atoms. The van der Waals surface area contributed by atoms with Crippen LogP contribution in [0.2, 0.25) is 0 Å². The summed E-state index contributed by atoms with van der Waals surface area (Å²) in [7, 11) is 12.1. The quantitative estimate of drug-likeness (QED) is 0.0742. The van der Waals surface area contributed by atoms with Crippen LogP contribution < -0.4 is 0 Å². The molecule has 8 radical (unpaired) electrons. The van der Waals surface area contributed by atoms with Crippen molar-refractivity contribution in [2.75, 3.05) is 20.5 Å². The van der Waals surface area contributed by atoms with E-state index in [2.05, 4.69) is 85.0 Å². The van der Waals surface area contributed by atoms with Crippen LogP contribution in [-0.4, -0.2) is 93.2 Å². The molecule has 448 valence electrons. The number of hydrogen-bond donors (Lipinski definition) is 2. The van der Waals surface area contributed by atoms with Crippen molar-refractivity contribution >= 4 is 83.6 Å². The maximum absolute atomic E-state index is 9.08. The number of terminal acetylenes is 2. The van der Waals surface area contributed by atoms with Crippen molar-refractivity contribution in [3.05, 3.63) is 240 Å². The van der Waals surface area contributed by atoms with E-state index in [9.17, 15) is 0 Å². The van der Waals surface area contributed by atoms with Crippen LogP contribution in [0.25, 0.3) is 88.9 Å². The largest absolute Gasteiger partial charge is 0.748 e. The second-order valence-corrected chi connectivity index (χ2v) is 18.1. The number of aliphatic hydroxyl groups is 2. The minimum Gasteiger partial charge on any atom is -0.748 e. The van der Waals surface area contributed by atoms with Crippen molar-refractivity contribution in [3.63, 3.8) is 0 Å². The van der Waals surface area contributed by atoms with Gasteiger partial charge in [0, 0.05) is 156 Å². The number of hydrogen-bond acceptors (Lipinski definition) is 11. The second kappa shape index (κ2) is 40.2. The first-order valence-corrected chi connectivity index (χ1v) is 26.7. The molecular formula is C71H62B4Ir2N4O7S-4. The van der Waals surface area contributed by atoms with Crippen LogP contribution in [0, 0.1) is 95.8 Å². The summed E-state index contributed by atoms with van der Waals surface area (Å²) in [5, 5.41) is 17.8. The zero-order valence-corrected chi connectivity index (χ0v) is 53.0. The van der Waals surface area contributed by atoms with Gasteiger partial charge in [0.05, 0.1) is 26.9 Å². The van der Waals surface area contributed by atoms with Crippen LogP contribution in [0.5, 0.6) is 0 Å². The summed E-state index contributed by atoms with van der Waals surface area (Å²) in [5.74, 6) is 8.61. The van der Waals surface area contributed by atoms with E-state index in [-0.39, 0.29) is 109 Å². The molecule has 0 amide bonds. The Morgan fingerprint density at radius 1 is 0.494 bits per heavy atom. The molecule has 18 heteroatoms. The van der Waals surface area contributed by atoms with Gasteiger partial charge < -0.3 is 38.6 Å². The molecule has 6 heterocycles. The maximum Gasteiger partial charge on any atom is 0.136 e. The Morgan fingerprint density at radius 2 is 0.876 bits per heavy atom. The molecule has 12 aromatic rings. The van der Waals surface area contributed by atoms with Gasteiger partial charge in [-0.1, -0.05) is 110 Å². The smallest absolute Gasteiger partial charge is 0.136 e. The molecule has 12 rings (SSSR count). The maximum atomic E-state index is 9.08. The van der Waals surface area contributed by atoms with E-state index in [1.165, 1.54) is 48.8 Å². The van der Waals surface area contributed by atoms with Crippen LogP contribution in [0.3, 0.4) is 0 Å². The summed E-state index contributed by atoms with van der Waals surface area (Å²) in [6.45, 7) is -13.6. The number of para-hydroxylation sites is 2. The molecule has 0 saturated carbocycles. The van der Waals surface area contributed by atoms with Gasteiger partial charge in [-0.2, -0.15) is 0 Å². The third kappa shape index (κ3) is 26.5. The van der Waals surface area contributed by atoms with Gasteiger partial charge in [-0.05, 0) is 126 Å². The zero-order chi connectivity index (χ0) is 82.4. The fourth-order valence-electron chi connectivity index (χ4n) is 6.94. The molecule has 0 bridgehead atoms. The van der Waals surface area contributed by atoms with Gasteiger partial charge in [0.2, 0.25) is 0 Å². The molecule has 0 fully saturated rings. The summed E-state index contributed by atoms with van der Waals surface area (Å²) in [6, 6.07) is 47.1. The van der Waals surface area contributed by atoms with Crippen LogP contribution in [-0.2, 0) is 50.3 Å². The minimum atomic E-state index is -3.92. The summed E-state index contributed by atoms with van der Waals surface area (Å²) in [6.07, 6.45) is 14.2. The predicted octanol–water partition coefficient (Wildman–Crippen LogP) is 13.2. The SMILES string of the molecule is C#CC#CC#C.CO.CO.CS(=O)(=O)[O-].[2H]C([2H])([2H])c1c[c-]c(-c2ccc(C([2H])([2H])[2H])cn2)cc1.[2H]C([2H])([2H])c1c[c-]c(-c2ccc(C([2H])([2H])[2H])cn2)cc1.[2H]c1c(C([2H])([2H])[2H])cnc(-c2[c-]cc3c(c2)oc2ccccc23)c1[2H].[2H]c1c(C([2H])([2H])[2H])cnc(-c2ccc3c(c2)oc2ccccc23)c1[2H].[B]B([B])[B].[Ir].[Ir]. The Kier molecular flexibility index (Phi) is 21.5. The Labute approximate surface area is 586 Å². The van der Waals surface area contributed by atoms with Gasteiger partial charge >= 0.3 is 0 Å². The van der Waals surface area contributed by atoms with Crippen molar-refractivity contribution in [1.82, 2.24) is 19.9 Å². The Bertz CT molecular complexity index is 4870. The summed E-state index contributed by atoms with van der Waals surface area (Å²) in [4.78, 5) is 16.4. The molecule has 0 aliphatic heterocycles. The van der Waals surface area contributed by atoms with Crippen molar-refractivity contribution in [2.24, 2.45) is 0 Å². The molecular weight excluding hydrogens is 1480 g/mol. The van der Waals surface area contributed by atoms with Crippen LogP contribution >= 0.6 is 0 Å². The van der Waals surface area contributed by atoms with Gasteiger partial charge in [-0.3, -0.25) is 4.98 Å². The van der Waals surface area contributed by atoms with E-state index in [0.29, 0.717) is 51.1 Å². The van der Waals surface area contributed by atoms with E-state index in [4.69, 9.17) is 75.0 Å². The number of nitrogens with zero attached hydrogens (tertiary/aromatic N) is 4. The van der Waals surface area contributed by atoms with Gasteiger partial charge in [-0.25, -0.2) is 8.42 Å². The number of furan rings is 2. The molecule has 6 aromatic carbocycles. The zero-order valence-electron chi connectivity index (χ0n) is 69.4. The monoisotopic (exact) mass is 1570 g/mol. The molecule has 0 atom stereocenters. The van der Waals surface area contributed by atoms with E-state index in [1.54, 1.807) is 48.5 Å². The normalized spacial score (nSPS) is 14.0. The third-order valence-corrected chi connectivity index (χ3v) is 10.4. The Morgan fingerprint density at radius 3 is 1.30 bits per heavy atom. The fraction of sp³-hybridized carbons (Fsp3) is 0.127. The first kappa shape index (κ1) is 47.6. The molecule has 0 unspecified atom stereocenters. The van der Waals surface area contributed by atoms with Crippen molar-refractivity contribution in [2.45, 2.75) is 41.1 Å². The number of aromatic nitrogens is 4. The first-order valence-electron chi connectivity index (χ1n) is 35.9. The number of benzene rings is 6. The van der Waals surface area contributed by atoms with Gasteiger partial charge in [0.15, 0.2) is 0 Å². The summed E-state index contributed by atoms with van der Waals surface area (Å²) in [5.41, 5.74) is 7.03. The molecule has 0 saturated heterocycles. The topological polar surface area (TPSA) is 175 Å². The van der Waals surface area contributed by atoms with E-state index in [0.717, 1.165) is 59.3 Å². The Hall–Kier alpha value is -8.41. The van der Waals surface area contributed by atoms with E-state index < -0.39 is 57.6 Å². The second-order valence-electron chi connectivity index (χ2n) is 16.7. The summed E-state index contributed by atoms with van der Waals surface area (Å²) >= 11 is 0. The average molecular weight is 1570 g/mol. The Balaban J connectivity index is 0.000000465. The molecule has 2 N–H and O–H groups in total. The number of rotatable bonds is 4. The first-order chi connectivity index (χ1) is 50.7. The standard InChI is InChI=1S/C18H13NO.C18H12NO.2C13H12N.C6H2.CH4O3S.2CH4O.B4.2Ir/c2*1-12-6-9-16(19-11-12)13-7-8-15-14-4-2-3-5-17(14)20-18(15)10-13;2*1-10-3-6-12(7-4-10)13-8-5-11(2)9-14-13;1-3-5-6-4-2;1-5(2,3)4;2*1-2;1-4(2)3;;/h2-11H,1H3;2-6,8-11H,1H3;2*3-6,8-9H,1-2H3;1-2H;1H3,(H,2,3,4);2*2H,1H3;;;/q;3*-1;;;;;;;/p-1/i2*1D3,6D,9D;2*1D3,2D3;;;;;;;. The fourth-order valence-corrected chi connectivity index (χ4v) is 6.94. The van der Waals surface area contributed by atoms with E-state index in [1.807, 2.05) is 54.6 Å². The molecule has 6 aromatic heterocycles. The molecule has 0 aliphatic carbocycles. The van der Waals surface area contributed by atoms with Gasteiger partial charge in [0.1, 0.15) is 16.7 Å². The summed E-state index contributed by atoms with van der Waals surface area (Å²) < 4.78 is 203. The van der Waals surface area contributed by atoms with Crippen molar-refractivity contribution in [3.8, 4) is 81.6 Å². The number of aliphatic hydroxyl groups excluding tert-OH is 2. The molecule has 89 heavy (non-hydrogen) atoms. The van der Waals surface area contributed by atoms with Gasteiger partial charge in [0.25, 0.3) is 0 Å². The number of aryl methyl sites for hydroxylation is 6. The molecule has 11 nitrogen and oxygen atoms in total. The van der Waals surface area contributed by atoms with Crippen LogP contribution in [0.15, 0.2) is 197 Å². The van der Waals surface area contributed by atoms with E-state index >= 15 is 0 Å². The number of pyridine rings is 4. The van der Waals surface area contributed by atoms with Crippen LogP contribution in [0.1, 0.15) is 63.5 Å². The van der Waals surface area contributed by atoms with Crippen molar-refractivity contribution in [1.29, 1.82) is 0 Å². The number of fused-ring (bicyclic) bond motifs is 6. The van der Waals surface area contributed by atoms with Crippen LogP contribution in [0.4, 0.5) is 0 Å². The molecule has 0 aliphatic rings.